The zero-order valence-corrected chi connectivity index (χ0v) is 6.87. The van der Waals surface area contributed by atoms with E-state index in [4.69, 9.17) is 5.11 Å². The summed E-state index contributed by atoms with van der Waals surface area (Å²) in [6.07, 6.45) is 5.48. The van der Waals surface area contributed by atoms with Crippen LogP contribution in [0.5, 0.6) is 0 Å². The standard InChI is InChI=1S/C8H12N2O2/c1-2-9-10-7-5-3-4-6-8(11)12/h3-4,6-7,9-10H,2H2,1H3,(H,11,12)/b6-4+. The lowest BCUT2D eigenvalue weighted by Crippen LogP contribution is -2.25. The highest BCUT2D eigenvalue weighted by Crippen LogP contribution is 1.73. The zero-order valence-electron chi connectivity index (χ0n) is 6.87. The predicted octanol–water partition coefficient (Wildman–Crippen LogP) is 0.410. The van der Waals surface area contributed by atoms with E-state index in [1.807, 2.05) is 6.92 Å². The van der Waals surface area contributed by atoms with Gasteiger partial charge in [-0.15, -0.1) is 5.73 Å². The second-order valence-electron chi connectivity index (χ2n) is 1.85. The number of hydrogen-bond acceptors (Lipinski definition) is 3. The Hall–Kier alpha value is -1.51. The van der Waals surface area contributed by atoms with Crippen LogP contribution < -0.4 is 10.9 Å². The average Bonchev–Trinajstić information content (AvgIpc) is 2.02. The van der Waals surface area contributed by atoms with Crippen LogP contribution >= 0.6 is 0 Å². The Morgan fingerprint density at radius 3 is 3.00 bits per heavy atom. The molecule has 0 aromatic carbocycles. The maximum Gasteiger partial charge on any atom is 0.328 e. The molecule has 0 aromatic heterocycles. The van der Waals surface area contributed by atoms with Crippen LogP contribution in [0.15, 0.2) is 30.2 Å². The van der Waals surface area contributed by atoms with E-state index in [1.165, 1.54) is 12.2 Å². The molecule has 0 aliphatic heterocycles. The molecule has 0 amide bonds. The van der Waals surface area contributed by atoms with E-state index >= 15 is 0 Å². The Labute approximate surface area is 71.3 Å². The molecule has 0 fully saturated rings. The van der Waals surface area contributed by atoms with Crippen LogP contribution in [-0.2, 0) is 4.79 Å². The predicted molar refractivity (Wildman–Crippen MR) is 46.2 cm³/mol. The van der Waals surface area contributed by atoms with E-state index in [2.05, 4.69) is 16.6 Å². The molecule has 3 N–H and O–H groups in total. The van der Waals surface area contributed by atoms with Crippen LogP contribution in [0.1, 0.15) is 6.92 Å². The Balaban J connectivity index is 3.60. The van der Waals surface area contributed by atoms with Gasteiger partial charge in [-0.05, 0) is 12.2 Å². The van der Waals surface area contributed by atoms with Crippen molar-refractivity contribution in [1.82, 2.24) is 10.9 Å². The second-order valence-corrected chi connectivity index (χ2v) is 1.85. The Bertz CT molecular complexity index is 215. The summed E-state index contributed by atoms with van der Waals surface area (Å²) in [6, 6.07) is 0. The highest BCUT2D eigenvalue weighted by Gasteiger charge is 1.78. The van der Waals surface area contributed by atoms with Crippen molar-refractivity contribution in [2.24, 2.45) is 0 Å². The number of aliphatic carboxylic acids is 1. The van der Waals surface area contributed by atoms with Gasteiger partial charge < -0.3 is 10.5 Å². The fraction of sp³-hybridized carbons (Fsp3) is 0.250. The van der Waals surface area contributed by atoms with E-state index in [9.17, 15) is 4.79 Å². The van der Waals surface area contributed by atoms with Gasteiger partial charge in [-0.1, -0.05) is 6.92 Å². The monoisotopic (exact) mass is 168 g/mol. The molecule has 0 saturated heterocycles. The smallest absolute Gasteiger partial charge is 0.328 e. The van der Waals surface area contributed by atoms with E-state index in [0.717, 1.165) is 12.6 Å². The summed E-state index contributed by atoms with van der Waals surface area (Å²) in [6.45, 7) is 2.76. The largest absolute Gasteiger partial charge is 0.478 e. The minimum Gasteiger partial charge on any atom is -0.478 e. The Kier molecular flexibility index (Phi) is 6.64. The summed E-state index contributed by atoms with van der Waals surface area (Å²) in [5, 5.41) is 8.18. The molecule has 0 unspecified atom stereocenters. The van der Waals surface area contributed by atoms with Crippen molar-refractivity contribution >= 4 is 5.97 Å². The van der Waals surface area contributed by atoms with Crippen molar-refractivity contribution in [3.63, 3.8) is 0 Å². The van der Waals surface area contributed by atoms with Crippen molar-refractivity contribution in [2.75, 3.05) is 6.54 Å². The molecule has 66 valence electrons. The van der Waals surface area contributed by atoms with Crippen molar-refractivity contribution in [3.8, 4) is 0 Å². The molecule has 0 aliphatic carbocycles. The normalized spacial score (nSPS) is 9.08. The number of carbonyl (C=O) groups is 1. The number of allylic oxidation sites excluding steroid dienone is 2. The lowest BCUT2D eigenvalue weighted by atomic mass is 10.5. The summed E-state index contributed by atoms with van der Waals surface area (Å²) >= 11 is 0. The molecule has 0 aromatic rings. The van der Waals surface area contributed by atoms with Gasteiger partial charge in [0.25, 0.3) is 0 Å². The number of nitrogens with one attached hydrogen (secondary N) is 2. The maximum atomic E-state index is 9.96. The SMILES string of the molecule is CCNNC=C=C/C=C/C(=O)O. The first kappa shape index (κ1) is 10.5. The molecule has 0 saturated carbocycles. The van der Waals surface area contributed by atoms with E-state index in [1.54, 1.807) is 6.20 Å². The molecule has 4 nitrogen and oxygen atoms in total. The highest BCUT2D eigenvalue weighted by atomic mass is 16.4. The van der Waals surface area contributed by atoms with Gasteiger partial charge in [-0.3, -0.25) is 0 Å². The quantitative estimate of drug-likeness (QED) is 0.183. The molecular formula is C8H12N2O2. The Morgan fingerprint density at radius 2 is 2.42 bits per heavy atom. The van der Waals surface area contributed by atoms with Crippen molar-refractivity contribution < 1.29 is 9.90 Å². The van der Waals surface area contributed by atoms with Gasteiger partial charge in [0.15, 0.2) is 0 Å². The summed E-state index contributed by atoms with van der Waals surface area (Å²) < 4.78 is 0. The molecule has 0 bridgehead atoms. The van der Waals surface area contributed by atoms with Crippen LogP contribution in [0.2, 0.25) is 0 Å². The van der Waals surface area contributed by atoms with Gasteiger partial charge in [-0.2, -0.15) is 0 Å². The number of carboxylic acid groups (broad SMARTS) is 1. The summed E-state index contributed by atoms with van der Waals surface area (Å²) in [5.74, 6) is -0.965. The van der Waals surface area contributed by atoms with Crippen molar-refractivity contribution in [3.05, 3.63) is 30.2 Å². The lowest BCUT2D eigenvalue weighted by Gasteiger charge is -1.94. The molecule has 0 aliphatic rings. The van der Waals surface area contributed by atoms with Gasteiger partial charge in [0.2, 0.25) is 0 Å². The summed E-state index contributed by atoms with van der Waals surface area (Å²) in [5.41, 5.74) is 8.25. The summed E-state index contributed by atoms with van der Waals surface area (Å²) in [7, 11) is 0. The third-order valence-electron chi connectivity index (χ3n) is 0.866. The fourth-order valence-corrected chi connectivity index (χ4v) is 0.429. The molecule has 0 spiro atoms. The summed E-state index contributed by atoms with van der Waals surface area (Å²) in [4.78, 5) is 9.96. The van der Waals surface area contributed by atoms with Gasteiger partial charge in [0.05, 0.1) is 6.20 Å². The van der Waals surface area contributed by atoms with Gasteiger partial charge in [0, 0.05) is 12.6 Å². The number of hydrazine groups is 1. The lowest BCUT2D eigenvalue weighted by molar-refractivity contribution is -0.131. The van der Waals surface area contributed by atoms with Crippen LogP contribution in [0.25, 0.3) is 0 Å². The van der Waals surface area contributed by atoms with Crippen LogP contribution in [0.4, 0.5) is 0 Å². The molecule has 12 heavy (non-hydrogen) atoms. The zero-order chi connectivity index (χ0) is 9.23. The van der Waals surface area contributed by atoms with E-state index < -0.39 is 5.97 Å². The first-order valence-electron chi connectivity index (χ1n) is 3.56. The number of carboxylic acids is 1. The molecule has 0 heterocycles. The minimum atomic E-state index is -0.965. The van der Waals surface area contributed by atoms with Crippen molar-refractivity contribution in [2.45, 2.75) is 6.92 Å². The number of rotatable bonds is 5. The van der Waals surface area contributed by atoms with Crippen molar-refractivity contribution in [1.29, 1.82) is 0 Å². The average molecular weight is 168 g/mol. The van der Waals surface area contributed by atoms with Gasteiger partial charge >= 0.3 is 5.97 Å². The first-order chi connectivity index (χ1) is 5.77. The van der Waals surface area contributed by atoms with Crippen LogP contribution in [0.3, 0.4) is 0 Å². The third kappa shape index (κ3) is 8.49. The van der Waals surface area contributed by atoms with Crippen LogP contribution in [0, 0.1) is 0 Å². The third-order valence-corrected chi connectivity index (χ3v) is 0.866. The van der Waals surface area contributed by atoms with Crippen LogP contribution in [-0.4, -0.2) is 17.6 Å². The molecule has 0 radical (unpaired) electrons. The molecule has 4 heteroatoms. The van der Waals surface area contributed by atoms with Gasteiger partial charge in [0.1, 0.15) is 0 Å². The second kappa shape index (κ2) is 7.60. The number of hydrogen-bond donors (Lipinski definition) is 3. The van der Waals surface area contributed by atoms with Gasteiger partial charge in [-0.25, -0.2) is 10.2 Å². The minimum absolute atomic E-state index is 0.809. The van der Waals surface area contributed by atoms with E-state index in [0.29, 0.717) is 0 Å². The molecule has 0 rings (SSSR count). The highest BCUT2D eigenvalue weighted by molar-refractivity contribution is 5.80. The Morgan fingerprint density at radius 1 is 1.67 bits per heavy atom. The first-order valence-corrected chi connectivity index (χ1v) is 3.56. The fourth-order valence-electron chi connectivity index (χ4n) is 0.429. The maximum absolute atomic E-state index is 9.96. The molecule has 0 atom stereocenters. The van der Waals surface area contributed by atoms with E-state index in [-0.39, 0.29) is 0 Å². The topological polar surface area (TPSA) is 61.4 Å². The molecular weight excluding hydrogens is 156 g/mol.